The van der Waals surface area contributed by atoms with Crippen LogP contribution in [0.2, 0.25) is 10.0 Å². The zero-order valence-corrected chi connectivity index (χ0v) is 12.5. The van der Waals surface area contributed by atoms with Gasteiger partial charge in [0.1, 0.15) is 11.9 Å². The molecule has 0 amide bonds. The van der Waals surface area contributed by atoms with E-state index < -0.39 is 0 Å². The predicted molar refractivity (Wildman–Crippen MR) is 78.6 cm³/mol. The molecule has 0 radical (unpaired) electrons. The van der Waals surface area contributed by atoms with Crippen molar-refractivity contribution in [2.24, 2.45) is 0 Å². The number of anilines is 1. The van der Waals surface area contributed by atoms with Crippen LogP contribution in [0.4, 0.5) is 5.69 Å². The van der Waals surface area contributed by atoms with Gasteiger partial charge in [-0.15, -0.1) is 0 Å². The second kappa shape index (κ2) is 5.60. The number of ether oxygens (including phenoxy) is 3. The molecular formula is C14H17Cl2NO3. The molecule has 2 N–H and O–H groups in total. The first-order valence-corrected chi connectivity index (χ1v) is 7.46. The van der Waals surface area contributed by atoms with Crippen LogP contribution >= 0.6 is 23.2 Å². The van der Waals surface area contributed by atoms with E-state index in [4.69, 9.17) is 43.1 Å². The van der Waals surface area contributed by atoms with E-state index in [2.05, 4.69) is 0 Å². The Labute approximate surface area is 128 Å². The van der Waals surface area contributed by atoms with Gasteiger partial charge in [0.25, 0.3) is 0 Å². The van der Waals surface area contributed by atoms with Gasteiger partial charge in [0.05, 0.1) is 34.5 Å². The molecule has 0 aromatic heterocycles. The van der Waals surface area contributed by atoms with Crippen molar-refractivity contribution in [3.8, 4) is 5.75 Å². The van der Waals surface area contributed by atoms with Crippen molar-refractivity contribution >= 4 is 28.9 Å². The van der Waals surface area contributed by atoms with Crippen LogP contribution in [0.5, 0.6) is 5.75 Å². The van der Waals surface area contributed by atoms with Crippen LogP contribution in [0.15, 0.2) is 12.1 Å². The minimum Gasteiger partial charge on any atom is -0.488 e. The molecule has 2 heterocycles. The first-order valence-electron chi connectivity index (χ1n) is 6.71. The number of hydrogen-bond donors (Lipinski definition) is 1. The van der Waals surface area contributed by atoms with Crippen molar-refractivity contribution in [1.29, 1.82) is 0 Å². The zero-order chi connectivity index (χ0) is 14.2. The fourth-order valence-electron chi connectivity index (χ4n) is 2.77. The molecule has 2 saturated heterocycles. The summed E-state index contributed by atoms with van der Waals surface area (Å²) in [5, 5.41) is 0.881. The van der Waals surface area contributed by atoms with E-state index in [1.54, 1.807) is 12.1 Å². The van der Waals surface area contributed by atoms with E-state index in [0.29, 0.717) is 34.7 Å². The maximum Gasteiger partial charge on any atom is 0.144 e. The lowest BCUT2D eigenvalue weighted by atomic mass is 9.91. The molecule has 0 aliphatic carbocycles. The highest BCUT2D eigenvalue weighted by Gasteiger charge is 2.41. The third kappa shape index (κ3) is 2.84. The third-order valence-corrected chi connectivity index (χ3v) is 4.58. The van der Waals surface area contributed by atoms with E-state index in [-0.39, 0.29) is 11.7 Å². The average Bonchev–Trinajstić information content (AvgIpc) is 2.84. The maximum absolute atomic E-state index is 6.01. The Balaban J connectivity index is 1.73. The number of nitrogens with two attached hydrogens (primary N) is 1. The number of nitrogen functional groups attached to an aromatic ring is 1. The lowest BCUT2D eigenvalue weighted by Crippen LogP contribution is -2.44. The largest absolute Gasteiger partial charge is 0.488 e. The van der Waals surface area contributed by atoms with E-state index in [1.165, 1.54) is 0 Å². The number of rotatable bonds is 2. The van der Waals surface area contributed by atoms with Gasteiger partial charge in [-0.05, 0) is 6.07 Å². The van der Waals surface area contributed by atoms with E-state index >= 15 is 0 Å². The summed E-state index contributed by atoms with van der Waals surface area (Å²) in [4.78, 5) is 0. The second-order valence-corrected chi connectivity index (χ2v) is 6.19. The summed E-state index contributed by atoms with van der Waals surface area (Å²) in [6.45, 7) is 2.07. The van der Waals surface area contributed by atoms with Crippen molar-refractivity contribution < 1.29 is 14.2 Å². The van der Waals surface area contributed by atoms with Crippen molar-refractivity contribution in [2.45, 2.75) is 31.0 Å². The van der Waals surface area contributed by atoms with Crippen LogP contribution in [0, 0.1) is 0 Å². The zero-order valence-electron chi connectivity index (χ0n) is 11.0. The van der Waals surface area contributed by atoms with Gasteiger partial charge < -0.3 is 19.9 Å². The quantitative estimate of drug-likeness (QED) is 0.850. The van der Waals surface area contributed by atoms with Gasteiger partial charge in [-0.3, -0.25) is 0 Å². The minimum absolute atomic E-state index is 0.0602. The SMILES string of the molecule is Nc1cc(Cl)c(Cl)cc1OC1CCOC2(CCOC2)C1. The molecule has 1 aromatic carbocycles. The summed E-state index contributed by atoms with van der Waals surface area (Å²) >= 11 is 11.9. The molecule has 20 heavy (non-hydrogen) atoms. The Morgan fingerprint density at radius 3 is 2.80 bits per heavy atom. The van der Waals surface area contributed by atoms with Gasteiger partial charge in [-0.25, -0.2) is 0 Å². The summed E-state index contributed by atoms with van der Waals surface area (Å²) < 4.78 is 17.3. The maximum atomic E-state index is 6.01. The smallest absolute Gasteiger partial charge is 0.144 e. The van der Waals surface area contributed by atoms with Crippen LogP contribution in [-0.4, -0.2) is 31.5 Å². The molecular weight excluding hydrogens is 301 g/mol. The van der Waals surface area contributed by atoms with Gasteiger partial charge in [0, 0.05) is 31.9 Å². The Bertz CT molecular complexity index is 503. The standard InChI is InChI=1S/C14H17Cl2NO3/c15-10-5-12(17)13(6-11(10)16)20-9-1-3-19-14(7-9)2-4-18-8-14/h5-6,9H,1-4,7-8,17H2. The molecule has 6 heteroatoms. The van der Waals surface area contributed by atoms with Gasteiger partial charge in [-0.2, -0.15) is 0 Å². The van der Waals surface area contributed by atoms with Crippen molar-refractivity contribution in [2.75, 3.05) is 25.6 Å². The Morgan fingerprint density at radius 2 is 2.05 bits per heavy atom. The average molecular weight is 318 g/mol. The monoisotopic (exact) mass is 317 g/mol. The lowest BCUT2D eigenvalue weighted by Gasteiger charge is -2.37. The van der Waals surface area contributed by atoms with Gasteiger partial charge >= 0.3 is 0 Å². The summed E-state index contributed by atoms with van der Waals surface area (Å²) in [6, 6.07) is 3.29. The van der Waals surface area contributed by atoms with Crippen LogP contribution in [-0.2, 0) is 9.47 Å². The fourth-order valence-corrected chi connectivity index (χ4v) is 3.10. The number of benzene rings is 1. The molecule has 4 nitrogen and oxygen atoms in total. The van der Waals surface area contributed by atoms with Crippen molar-refractivity contribution in [1.82, 2.24) is 0 Å². The lowest BCUT2D eigenvalue weighted by molar-refractivity contribution is -0.112. The first kappa shape index (κ1) is 14.3. The highest BCUT2D eigenvalue weighted by molar-refractivity contribution is 6.42. The van der Waals surface area contributed by atoms with Crippen LogP contribution in [0.25, 0.3) is 0 Å². The molecule has 2 aliphatic rings. The Hall–Kier alpha value is -0.680. The summed E-state index contributed by atoms with van der Waals surface area (Å²) in [5.41, 5.74) is 6.24. The van der Waals surface area contributed by atoms with Gasteiger partial charge in [-0.1, -0.05) is 23.2 Å². The first-order chi connectivity index (χ1) is 9.58. The highest BCUT2D eigenvalue weighted by Crippen LogP contribution is 2.37. The predicted octanol–water partition coefficient (Wildman–Crippen LogP) is 3.29. The number of halogens is 2. The molecule has 2 aliphatic heterocycles. The Kier molecular flexibility index (Phi) is 4.00. The van der Waals surface area contributed by atoms with Crippen LogP contribution in [0.3, 0.4) is 0 Å². The van der Waals surface area contributed by atoms with Crippen molar-refractivity contribution in [3.05, 3.63) is 22.2 Å². The topological polar surface area (TPSA) is 53.7 Å². The minimum atomic E-state index is -0.187. The molecule has 110 valence electrons. The van der Waals surface area contributed by atoms with Gasteiger partial charge in [0.15, 0.2) is 0 Å². The van der Waals surface area contributed by atoms with Crippen molar-refractivity contribution in [3.63, 3.8) is 0 Å². The molecule has 3 rings (SSSR count). The van der Waals surface area contributed by atoms with E-state index in [1.807, 2.05) is 0 Å². The molecule has 1 aromatic rings. The second-order valence-electron chi connectivity index (χ2n) is 5.37. The number of hydrogen-bond acceptors (Lipinski definition) is 4. The highest BCUT2D eigenvalue weighted by atomic mass is 35.5. The molecule has 2 fully saturated rings. The fraction of sp³-hybridized carbons (Fsp3) is 0.571. The molecule has 2 atom stereocenters. The van der Waals surface area contributed by atoms with Crippen LogP contribution in [0.1, 0.15) is 19.3 Å². The van der Waals surface area contributed by atoms with Crippen LogP contribution < -0.4 is 10.5 Å². The summed E-state index contributed by atoms with van der Waals surface area (Å²) in [6.07, 6.45) is 2.63. The molecule has 0 bridgehead atoms. The van der Waals surface area contributed by atoms with E-state index in [9.17, 15) is 0 Å². The summed E-state index contributed by atoms with van der Waals surface area (Å²) in [5.74, 6) is 0.584. The molecule has 2 unspecified atom stereocenters. The summed E-state index contributed by atoms with van der Waals surface area (Å²) in [7, 11) is 0. The third-order valence-electron chi connectivity index (χ3n) is 3.86. The molecule has 0 saturated carbocycles. The van der Waals surface area contributed by atoms with E-state index in [0.717, 1.165) is 25.9 Å². The normalized spacial score (nSPS) is 29.8. The van der Waals surface area contributed by atoms with Gasteiger partial charge in [0.2, 0.25) is 0 Å². The molecule has 1 spiro atoms. The Morgan fingerprint density at radius 1 is 1.25 bits per heavy atom.